The monoisotopic (exact) mass is 403 g/mol. The topological polar surface area (TPSA) is 61.4 Å². The van der Waals surface area contributed by atoms with Gasteiger partial charge in [0.1, 0.15) is 5.82 Å². The van der Waals surface area contributed by atoms with E-state index in [1.165, 1.54) is 18.2 Å². The molecule has 7 heteroatoms. The summed E-state index contributed by atoms with van der Waals surface area (Å²) in [6, 6.07) is 11.8. The van der Waals surface area contributed by atoms with Crippen molar-refractivity contribution in [2.24, 2.45) is 5.92 Å². The van der Waals surface area contributed by atoms with Crippen molar-refractivity contribution < 1.29 is 14.0 Å². The molecule has 0 aromatic heterocycles. The number of likely N-dealkylation sites (tertiary alicyclic amines) is 1. The Hall–Kier alpha value is -2.44. The number of nitrogens with zero attached hydrogens (tertiary/aromatic N) is 1. The number of aryl methyl sites for hydroxylation is 1. The molecule has 2 amide bonds. The second kappa shape index (κ2) is 9.17. The molecule has 148 valence electrons. The van der Waals surface area contributed by atoms with Crippen LogP contribution in [0.25, 0.3) is 0 Å². The van der Waals surface area contributed by atoms with Crippen molar-refractivity contribution in [1.82, 2.24) is 4.90 Å². The molecule has 0 unspecified atom stereocenters. The molecule has 0 atom stereocenters. The van der Waals surface area contributed by atoms with Gasteiger partial charge in [0, 0.05) is 17.3 Å². The van der Waals surface area contributed by atoms with Crippen LogP contribution in [0.15, 0.2) is 42.5 Å². The third kappa shape index (κ3) is 5.53. The normalized spacial score (nSPS) is 15.2. The summed E-state index contributed by atoms with van der Waals surface area (Å²) in [7, 11) is 0. The third-order valence-corrected chi connectivity index (χ3v) is 5.14. The number of anilines is 2. The van der Waals surface area contributed by atoms with Gasteiger partial charge in [-0.1, -0.05) is 29.3 Å². The first kappa shape index (κ1) is 20.3. The number of hydrogen-bond donors (Lipinski definition) is 2. The molecule has 0 aliphatic carbocycles. The zero-order chi connectivity index (χ0) is 20.1. The fourth-order valence-electron chi connectivity index (χ4n) is 3.21. The van der Waals surface area contributed by atoms with E-state index in [1.54, 1.807) is 0 Å². The molecule has 0 saturated carbocycles. The minimum absolute atomic E-state index is 0.0211. The number of carbonyl (C=O) groups excluding carboxylic acids is 2. The highest BCUT2D eigenvalue weighted by Gasteiger charge is 2.26. The van der Waals surface area contributed by atoms with Gasteiger partial charge >= 0.3 is 0 Å². The van der Waals surface area contributed by atoms with Crippen LogP contribution in [0.3, 0.4) is 0 Å². The molecule has 2 aromatic rings. The van der Waals surface area contributed by atoms with E-state index in [-0.39, 0.29) is 22.8 Å². The lowest BCUT2D eigenvalue weighted by Gasteiger charge is -2.30. The van der Waals surface area contributed by atoms with Crippen LogP contribution in [0.4, 0.5) is 15.8 Å². The van der Waals surface area contributed by atoms with Crippen LogP contribution >= 0.6 is 11.6 Å². The maximum Gasteiger partial charge on any atom is 0.238 e. The van der Waals surface area contributed by atoms with Crippen molar-refractivity contribution in [2.45, 2.75) is 19.8 Å². The van der Waals surface area contributed by atoms with E-state index in [4.69, 9.17) is 11.6 Å². The number of halogens is 2. The minimum atomic E-state index is -0.517. The van der Waals surface area contributed by atoms with Gasteiger partial charge in [0.25, 0.3) is 0 Å². The Morgan fingerprint density at radius 2 is 1.71 bits per heavy atom. The molecule has 1 aliphatic rings. The molecular weight excluding hydrogens is 381 g/mol. The molecule has 0 radical (unpaired) electrons. The van der Waals surface area contributed by atoms with Crippen molar-refractivity contribution in [2.75, 3.05) is 30.3 Å². The van der Waals surface area contributed by atoms with Crippen LogP contribution in [-0.2, 0) is 9.59 Å². The average Bonchev–Trinajstić information content (AvgIpc) is 2.67. The van der Waals surface area contributed by atoms with Gasteiger partial charge in [0.2, 0.25) is 11.8 Å². The summed E-state index contributed by atoms with van der Waals surface area (Å²) in [5, 5.41) is 5.65. The van der Waals surface area contributed by atoms with Gasteiger partial charge in [-0.2, -0.15) is 0 Å². The molecule has 3 rings (SSSR count). The second-order valence-corrected chi connectivity index (χ2v) is 7.49. The Kier molecular flexibility index (Phi) is 6.65. The lowest BCUT2D eigenvalue weighted by molar-refractivity contribution is -0.121. The molecule has 1 heterocycles. The van der Waals surface area contributed by atoms with E-state index in [1.807, 2.05) is 36.1 Å². The molecule has 2 aromatic carbocycles. The predicted molar refractivity (Wildman–Crippen MR) is 109 cm³/mol. The van der Waals surface area contributed by atoms with E-state index in [0.29, 0.717) is 38.2 Å². The molecule has 0 bridgehead atoms. The number of carbonyl (C=O) groups is 2. The number of benzene rings is 2. The Bertz CT molecular complexity index is 849. The molecule has 5 nitrogen and oxygen atoms in total. The van der Waals surface area contributed by atoms with Crippen LogP contribution in [0.2, 0.25) is 5.02 Å². The summed E-state index contributed by atoms with van der Waals surface area (Å²) >= 11 is 5.75. The summed E-state index contributed by atoms with van der Waals surface area (Å²) in [6.45, 7) is 3.64. The first-order valence-electron chi connectivity index (χ1n) is 9.25. The fourth-order valence-corrected chi connectivity index (χ4v) is 3.39. The van der Waals surface area contributed by atoms with E-state index in [9.17, 15) is 14.0 Å². The van der Waals surface area contributed by atoms with Crippen LogP contribution in [0.1, 0.15) is 18.4 Å². The Morgan fingerprint density at radius 3 is 2.36 bits per heavy atom. The van der Waals surface area contributed by atoms with Crippen molar-refractivity contribution in [3.8, 4) is 0 Å². The summed E-state index contributed by atoms with van der Waals surface area (Å²) in [5.74, 6) is -0.823. The van der Waals surface area contributed by atoms with Crippen LogP contribution < -0.4 is 10.6 Å². The summed E-state index contributed by atoms with van der Waals surface area (Å²) in [4.78, 5) is 26.7. The largest absolute Gasteiger partial charge is 0.326 e. The standard InChI is InChI=1S/C21H23ClFN3O2/c1-14-2-4-16(5-3-14)24-20(27)13-26-10-8-15(9-11-26)21(28)25-17-6-7-19(23)18(22)12-17/h2-7,12,15H,8-11,13H2,1H3,(H,24,27)(H,25,28). The van der Waals surface area contributed by atoms with Crippen molar-refractivity contribution in [3.63, 3.8) is 0 Å². The smallest absolute Gasteiger partial charge is 0.238 e. The van der Waals surface area contributed by atoms with E-state index in [0.717, 1.165) is 11.3 Å². The summed E-state index contributed by atoms with van der Waals surface area (Å²) in [5.41, 5.74) is 2.40. The van der Waals surface area contributed by atoms with Gasteiger partial charge in [-0.15, -0.1) is 0 Å². The van der Waals surface area contributed by atoms with Crippen LogP contribution in [0, 0.1) is 18.7 Å². The highest BCUT2D eigenvalue weighted by Crippen LogP contribution is 2.22. The first-order valence-corrected chi connectivity index (χ1v) is 9.63. The van der Waals surface area contributed by atoms with Gasteiger partial charge in [-0.3, -0.25) is 14.5 Å². The quantitative estimate of drug-likeness (QED) is 0.790. The highest BCUT2D eigenvalue weighted by atomic mass is 35.5. The fraction of sp³-hybridized carbons (Fsp3) is 0.333. The minimum Gasteiger partial charge on any atom is -0.326 e. The number of nitrogens with one attached hydrogen (secondary N) is 2. The third-order valence-electron chi connectivity index (χ3n) is 4.85. The first-order chi connectivity index (χ1) is 13.4. The zero-order valence-corrected chi connectivity index (χ0v) is 16.4. The highest BCUT2D eigenvalue weighted by molar-refractivity contribution is 6.31. The van der Waals surface area contributed by atoms with Crippen molar-refractivity contribution >= 4 is 34.8 Å². The van der Waals surface area contributed by atoms with E-state index < -0.39 is 5.82 Å². The molecule has 2 N–H and O–H groups in total. The molecule has 0 spiro atoms. The van der Waals surface area contributed by atoms with Gasteiger partial charge in [0.15, 0.2) is 0 Å². The SMILES string of the molecule is Cc1ccc(NC(=O)CN2CCC(C(=O)Nc3ccc(F)c(Cl)c3)CC2)cc1. The van der Waals surface area contributed by atoms with Gasteiger partial charge in [-0.05, 0) is 63.2 Å². The average molecular weight is 404 g/mol. The zero-order valence-electron chi connectivity index (χ0n) is 15.7. The predicted octanol–water partition coefficient (Wildman–Crippen LogP) is 4.08. The summed E-state index contributed by atoms with van der Waals surface area (Å²) in [6.07, 6.45) is 1.33. The second-order valence-electron chi connectivity index (χ2n) is 7.08. The van der Waals surface area contributed by atoms with Gasteiger partial charge < -0.3 is 10.6 Å². The van der Waals surface area contributed by atoms with Crippen LogP contribution in [0.5, 0.6) is 0 Å². The lowest BCUT2D eigenvalue weighted by Crippen LogP contribution is -2.41. The maximum atomic E-state index is 13.2. The van der Waals surface area contributed by atoms with E-state index in [2.05, 4.69) is 10.6 Å². The number of piperidine rings is 1. The molecular formula is C21H23ClFN3O2. The Labute approximate surface area is 168 Å². The molecule has 28 heavy (non-hydrogen) atoms. The number of amides is 2. The number of rotatable bonds is 5. The van der Waals surface area contributed by atoms with Crippen molar-refractivity contribution in [1.29, 1.82) is 0 Å². The molecule has 1 aliphatic heterocycles. The molecule has 1 saturated heterocycles. The van der Waals surface area contributed by atoms with Gasteiger partial charge in [-0.25, -0.2) is 4.39 Å². The lowest BCUT2D eigenvalue weighted by atomic mass is 9.96. The maximum absolute atomic E-state index is 13.2. The van der Waals surface area contributed by atoms with Gasteiger partial charge in [0.05, 0.1) is 11.6 Å². The summed E-state index contributed by atoms with van der Waals surface area (Å²) < 4.78 is 13.2. The molecule has 1 fully saturated rings. The number of hydrogen-bond acceptors (Lipinski definition) is 3. The Balaban J connectivity index is 1.44. The van der Waals surface area contributed by atoms with Crippen molar-refractivity contribution in [3.05, 3.63) is 58.9 Å². The van der Waals surface area contributed by atoms with E-state index >= 15 is 0 Å². The van der Waals surface area contributed by atoms with Crippen LogP contribution in [-0.4, -0.2) is 36.3 Å². The Morgan fingerprint density at radius 1 is 1.07 bits per heavy atom.